The Hall–Kier alpha value is -2.28. The zero-order valence-electron chi connectivity index (χ0n) is 14.0. The van der Waals surface area contributed by atoms with Gasteiger partial charge in [0.1, 0.15) is 18.0 Å². The molecule has 2 aliphatic rings. The van der Waals surface area contributed by atoms with Gasteiger partial charge in [-0.2, -0.15) is 0 Å². The first-order chi connectivity index (χ1) is 12.2. The van der Waals surface area contributed by atoms with Gasteiger partial charge in [-0.15, -0.1) is 0 Å². The average Bonchev–Trinajstić information content (AvgIpc) is 2.68. The fourth-order valence-electron chi connectivity index (χ4n) is 3.65. The molecule has 2 saturated heterocycles. The van der Waals surface area contributed by atoms with Gasteiger partial charge in [0.2, 0.25) is 5.91 Å². The third kappa shape index (κ3) is 3.28. The minimum absolute atomic E-state index is 0.0548. The Labute approximate surface area is 145 Å². The first-order valence-corrected chi connectivity index (χ1v) is 8.74. The fraction of sp³-hybridized carbons (Fsp3) is 0.500. The van der Waals surface area contributed by atoms with Crippen molar-refractivity contribution in [3.8, 4) is 0 Å². The molecule has 0 radical (unpaired) electrons. The molecule has 2 aliphatic heterocycles. The standard InChI is InChI=1S/C18H21FN4O2/c19-14-1-2-16-15(11-14)17(21-12-20-16)22-5-3-13(4-6-22)18(24)23-7-9-25-10-8-23/h1-2,11-13H,3-10H2. The van der Waals surface area contributed by atoms with Crippen molar-refractivity contribution in [1.29, 1.82) is 0 Å². The first kappa shape index (κ1) is 16.2. The third-order valence-electron chi connectivity index (χ3n) is 5.04. The summed E-state index contributed by atoms with van der Waals surface area (Å²) in [5.74, 6) is 0.753. The van der Waals surface area contributed by atoms with E-state index in [1.54, 1.807) is 6.07 Å². The SMILES string of the molecule is O=C(C1CCN(c2ncnc3ccc(F)cc23)CC1)N1CCOCC1. The highest BCUT2D eigenvalue weighted by atomic mass is 19.1. The van der Waals surface area contributed by atoms with E-state index < -0.39 is 0 Å². The van der Waals surface area contributed by atoms with Crippen LogP contribution in [0.1, 0.15) is 12.8 Å². The Balaban J connectivity index is 1.47. The van der Waals surface area contributed by atoms with Gasteiger partial charge < -0.3 is 14.5 Å². The molecule has 1 amide bonds. The number of morpholine rings is 1. The number of hydrogen-bond donors (Lipinski definition) is 0. The molecule has 0 atom stereocenters. The van der Waals surface area contributed by atoms with Crippen molar-refractivity contribution >= 4 is 22.6 Å². The van der Waals surface area contributed by atoms with E-state index in [1.165, 1.54) is 18.5 Å². The highest BCUT2D eigenvalue weighted by Gasteiger charge is 2.30. The normalized spacial score (nSPS) is 19.4. The number of piperidine rings is 1. The van der Waals surface area contributed by atoms with Crippen molar-refractivity contribution in [3.05, 3.63) is 30.3 Å². The van der Waals surface area contributed by atoms with E-state index in [0.717, 1.165) is 42.7 Å². The molecule has 7 heteroatoms. The summed E-state index contributed by atoms with van der Waals surface area (Å²) in [6, 6.07) is 4.56. The number of carbonyl (C=O) groups is 1. The molecule has 3 heterocycles. The molecule has 0 bridgehead atoms. The molecule has 0 unspecified atom stereocenters. The van der Waals surface area contributed by atoms with Crippen molar-refractivity contribution in [3.63, 3.8) is 0 Å². The molecule has 1 aromatic heterocycles. The van der Waals surface area contributed by atoms with Gasteiger partial charge in [-0.05, 0) is 31.0 Å². The molecular formula is C18H21FN4O2. The molecule has 0 saturated carbocycles. The lowest BCUT2D eigenvalue weighted by molar-refractivity contribution is -0.140. The quantitative estimate of drug-likeness (QED) is 0.832. The number of benzene rings is 1. The van der Waals surface area contributed by atoms with Gasteiger partial charge in [0.15, 0.2) is 0 Å². The highest BCUT2D eigenvalue weighted by molar-refractivity contribution is 5.89. The van der Waals surface area contributed by atoms with E-state index in [9.17, 15) is 9.18 Å². The van der Waals surface area contributed by atoms with Gasteiger partial charge in [0, 0.05) is 37.5 Å². The number of rotatable bonds is 2. The number of amides is 1. The van der Waals surface area contributed by atoms with Crippen LogP contribution in [0.5, 0.6) is 0 Å². The zero-order valence-corrected chi connectivity index (χ0v) is 14.0. The summed E-state index contributed by atoms with van der Waals surface area (Å²) in [7, 11) is 0. The Morgan fingerprint density at radius 1 is 1.12 bits per heavy atom. The molecule has 132 valence electrons. The van der Waals surface area contributed by atoms with Crippen LogP contribution in [-0.2, 0) is 9.53 Å². The highest BCUT2D eigenvalue weighted by Crippen LogP contribution is 2.28. The van der Waals surface area contributed by atoms with Gasteiger partial charge >= 0.3 is 0 Å². The number of hydrogen-bond acceptors (Lipinski definition) is 5. The van der Waals surface area contributed by atoms with E-state index in [4.69, 9.17) is 4.74 Å². The largest absolute Gasteiger partial charge is 0.378 e. The van der Waals surface area contributed by atoms with E-state index in [1.807, 2.05) is 4.90 Å². The van der Waals surface area contributed by atoms with Crippen molar-refractivity contribution in [2.45, 2.75) is 12.8 Å². The fourth-order valence-corrected chi connectivity index (χ4v) is 3.65. The lowest BCUT2D eigenvalue weighted by Crippen LogP contribution is -2.47. The summed E-state index contributed by atoms with van der Waals surface area (Å²) in [5, 5.41) is 0.723. The summed E-state index contributed by atoms with van der Waals surface area (Å²) in [4.78, 5) is 25.3. The Morgan fingerprint density at radius 3 is 2.64 bits per heavy atom. The number of ether oxygens (including phenoxy) is 1. The van der Waals surface area contributed by atoms with Crippen LogP contribution < -0.4 is 4.90 Å². The number of anilines is 1. The van der Waals surface area contributed by atoms with Crippen molar-refractivity contribution in [1.82, 2.24) is 14.9 Å². The molecule has 0 N–H and O–H groups in total. The van der Waals surface area contributed by atoms with Crippen LogP contribution in [0.3, 0.4) is 0 Å². The number of halogens is 1. The Morgan fingerprint density at radius 2 is 1.88 bits per heavy atom. The van der Waals surface area contributed by atoms with E-state index >= 15 is 0 Å². The summed E-state index contributed by atoms with van der Waals surface area (Å²) < 4.78 is 18.9. The maximum atomic E-state index is 13.6. The van der Waals surface area contributed by atoms with Crippen LogP contribution in [0.15, 0.2) is 24.5 Å². The zero-order chi connectivity index (χ0) is 17.2. The second-order valence-electron chi connectivity index (χ2n) is 6.56. The van der Waals surface area contributed by atoms with Crippen LogP contribution in [0.4, 0.5) is 10.2 Å². The summed E-state index contributed by atoms with van der Waals surface area (Å²) in [6.07, 6.45) is 3.09. The maximum absolute atomic E-state index is 13.6. The van der Waals surface area contributed by atoms with E-state index in [0.29, 0.717) is 26.3 Å². The predicted molar refractivity (Wildman–Crippen MR) is 91.8 cm³/mol. The molecule has 4 rings (SSSR count). The second kappa shape index (κ2) is 6.92. The molecule has 1 aromatic carbocycles. The summed E-state index contributed by atoms with van der Waals surface area (Å²) in [5.41, 5.74) is 0.734. The Bertz CT molecular complexity index is 771. The minimum atomic E-state index is -0.291. The van der Waals surface area contributed by atoms with Crippen LogP contribution in [0.2, 0.25) is 0 Å². The first-order valence-electron chi connectivity index (χ1n) is 8.74. The molecule has 25 heavy (non-hydrogen) atoms. The lowest BCUT2D eigenvalue weighted by atomic mass is 9.95. The number of carbonyl (C=O) groups excluding carboxylic acids is 1. The molecule has 2 fully saturated rings. The van der Waals surface area contributed by atoms with Gasteiger partial charge in [0.25, 0.3) is 0 Å². The molecule has 0 aliphatic carbocycles. The van der Waals surface area contributed by atoms with E-state index in [-0.39, 0.29) is 17.6 Å². The molecule has 0 spiro atoms. The molecule has 2 aromatic rings. The topological polar surface area (TPSA) is 58.6 Å². The monoisotopic (exact) mass is 344 g/mol. The minimum Gasteiger partial charge on any atom is -0.378 e. The van der Waals surface area contributed by atoms with Gasteiger partial charge in [-0.25, -0.2) is 14.4 Å². The number of nitrogens with zero attached hydrogens (tertiary/aromatic N) is 4. The van der Waals surface area contributed by atoms with Crippen molar-refractivity contribution in [2.75, 3.05) is 44.3 Å². The van der Waals surface area contributed by atoms with Gasteiger partial charge in [-0.3, -0.25) is 4.79 Å². The van der Waals surface area contributed by atoms with Crippen molar-refractivity contribution in [2.24, 2.45) is 5.92 Å². The number of aromatic nitrogens is 2. The van der Waals surface area contributed by atoms with Crippen LogP contribution in [0.25, 0.3) is 10.9 Å². The average molecular weight is 344 g/mol. The van der Waals surface area contributed by atoms with Crippen molar-refractivity contribution < 1.29 is 13.9 Å². The summed E-state index contributed by atoms with van der Waals surface area (Å²) in [6.45, 7) is 4.11. The van der Waals surface area contributed by atoms with Crippen LogP contribution in [-0.4, -0.2) is 60.2 Å². The predicted octanol–water partition coefficient (Wildman–Crippen LogP) is 1.84. The second-order valence-corrected chi connectivity index (χ2v) is 6.56. The van der Waals surface area contributed by atoms with E-state index in [2.05, 4.69) is 14.9 Å². The van der Waals surface area contributed by atoms with Crippen LogP contribution >= 0.6 is 0 Å². The third-order valence-corrected chi connectivity index (χ3v) is 5.04. The molecule has 6 nitrogen and oxygen atoms in total. The smallest absolute Gasteiger partial charge is 0.225 e. The number of fused-ring (bicyclic) bond motifs is 1. The molecular weight excluding hydrogens is 323 g/mol. The van der Waals surface area contributed by atoms with Gasteiger partial charge in [-0.1, -0.05) is 0 Å². The summed E-state index contributed by atoms with van der Waals surface area (Å²) >= 11 is 0. The lowest BCUT2D eigenvalue weighted by Gasteiger charge is -2.36. The van der Waals surface area contributed by atoms with Gasteiger partial charge in [0.05, 0.1) is 18.7 Å². The van der Waals surface area contributed by atoms with Crippen LogP contribution in [0, 0.1) is 11.7 Å². The Kier molecular flexibility index (Phi) is 4.48. The maximum Gasteiger partial charge on any atom is 0.225 e.